The van der Waals surface area contributed by atoms with Gasteiger partial charge in [-0.25, -0.2) is 0 Å². The third-order valence-electron chi connectivity index (χ3n) is 2.38. The lowest BCUT2D eigenvalue weighted by Crippen LogP contribution is -1.95. The molecule has 0 aliphatic carbocycles. The van der Waals surface area contributed by atoms with E-state index in [0.29, 0.717) is 0 Å². The number of hydrogen-bond acceptors (Lipinski definition) is 2. The van der Waals surface area contributed by atoms with Crippen molar-refractivity contribution in [3.8, 4) is 0 Å². The summed E-state index contributed by atoms with van der Waals surface area (Å²) in [6, 6.07) is 14.1. The van der Waals surface area contributed by atoms with Crippen molar-refractivity contribution in [2.45, 2.75) is 6.92 Å². The molecule has 82 valence electrons. The Morgan fingerprint density at radius 2 is 1.75 bits per heavy atom. The summed E-state index contributed by atoms with van der Waals surface area (Å²) in [6.07, 6.45) is 0. The number of halogens is 1. The van der Waals surface area contributed by atoms with Gasteiger partial charge in [0.2, 0.25) is 0 Å². The summed E-state index contributed by atoms with van der Waals surface area (Å²) in [5.41, 5.74) is 9.86. The van der Waals surface area contributed by atoms with Gasteiger partial charge in [-0.1, -0.05) is 6.07 Å². The lowest BCUT2D eigenvalue weighted by molar-refractivity contribution is 1.43. The van der Waals surface area contributed by atoms with Crippen molar-refractivity contribution in [3.05, 3.63) is 51.6 Å². The molecule has 3 N–H and O–H groups in total. The van der Waals surface area contributed by atoms with Crippen LogP contribution in [-0.2, 0) is 0 Å². The van der Waals surface area contributed by atoms with Crippen LogP contribution in [0.3, 0.4) is 0 Å². The number of nitrogens with two attached hydrogens (primary N) is 1. The first-order valence-corrected chi connectivity index (χ1v) is 6.12. The first-order chi connectivity index (χ1) is 7.65. The van der Waals surface area contributed by atoms with E-state index in [1.807, 2.05) is 18.2 Å². The summed E-state index contributed by atoms with van der Waals surface area (Å²) < 4.78 is 1.23. The van der Waals surface area contributed by atoms with E-state index in [1.54, 1.807) is 0 Å². The van der Waals surface area contributed by atoms with Crippen LogP contribution in [0.4, 0.5) is 17.1 Å². The molecule has 0 bridgehead atoms. The minimum Gasteiger partial charge on any atom is -0.399 e. The van der Waals surface area contributed by atoms with Crippen molar-refractivity contribution in [1.29, 1.82) is 0 Å². The maximum absolute atomic E-state index is 5.76. The highest BCUT2D eigenvalue weighted by atomic mass is 127. The van der Waals surface area contributed by atoms with Crippen LogP contribution in [0.5, 0.6) is 0 Å². The molecule has 0 heterocycles. The number of rotatable bonds is 2. The second-order valence-corrected chi connectivity index (χ2v) is 4.95. The van der Waals surface area contributed by atoms with Gasteiger partial charge in [0.1, 0.15) is 0 Å². The Hall–Kier alpha value is -1.23. The van der Waals surface area contributed by atoms with Gasteiger partial charge in [0.05, 0.1) is 0 Å². The van der Waals surface area contributed by atoms with Gasteiger partial charge in [-0.05, 0) is 71.5 Å². The van der Waals surface area contributed by atoms with Crippen LogP contribution in [-0.4, -0.2) is 0 Å². The van der Waals surface area contributed by atoms with Gasteiger partial charge in [-0.3, -0.25) is 0 Å². The smallest absolute Gasteiger partial charge is 0.0434 e. The third kappa shape index (κ3) is 2.66. The van der Waals surface area contributed by atoms with Gasteiger partial charge >= 0.3 is 0 Å². The number of anilines is 3. The second-order valence-electron chi connectivity index (χ2n) is 3.71. The van der Waals surface area contributed by atoms with E-state index in [2.05, 4.69) is 59.1 Å². The van der Waals surface area contributed by atoms with Gasteiger partial charge in [0.25, 0.3) is 0 Å². The highest BCUT2D eigenvalue weighted by Gasteiger charge is 1.99. The number of hydrogen-bond donors (Lipinski definition) is 2. The zero-order valence-corrected chi connectivity index (χ0v) is 11.2. The quantitative estimate of drug-likeness (QED) is 0.649. The van der Waals surface area contributed by atoms with Crippen LogP contribution < -0.4 is 11.1 Å². The number of nitrogens with one attached hydrogen (secondary N) is 1. The predicted octanol–water partition coefficient (Wildman–Crippen LogP) is 3.93. The normalized spacial score (nSPS) is 10.1. The Bertz CT molecular complexity index is 492. The van der Waals surface area contributed by atoms with E-state index in [9.17, 15) is 0 Å². The molecule has 2 nitrogen and oxygen atoms in total. The van der Waals surface area contributed by atoms with E-state index in [4.69, 9.17) is 5.73 Å². The highest BCUT2D eigenvalue weighted by Crippen LogP contribution is 2.23. The lowest BCUT2D eigenvalue weighted by Gasteiger charge is -2.10. The topological polar surface area (TPSA) is 38.0 Å². The average molecular weight is 324 g/mol. The van der Waals surface area contributed by atoms with Crippen LogP contribution >= 0.6 is 22.6 Å². The molecule has 16 heavy (non-hydrogen) atoms. The molecule has 0 atom stereocenters. The number of benzene rings is 2. The fourth-order valence-corrected chi connectivity index (χ4v) is 1.82. The summed E-state index contributed by atoms with van der Waals surface area (Å²) in [5, 5.41) is 3.36. The van der Waals surface area contributed by atoms with E-state index >= 15 is 0 Å². The molecule has 0 saturated heterocycles. The Morgan fingerprint density at radius 3 is 2.44 bits per heavy atom. The van der Waals surface area contributed by atoms with Gasteiger partial charge < -0.3 is 11.1 Å². The fraction of sp³-hybridized carbons (Fsp3) is 0.0769. The summed E-state index contributed by atoms with van der Waals surface area (Å²) in [5.74, 6) is 0. The standard InChI is InChI=1S/C13H13IN2/c1-9-2-5-11(15)8-13(9)16-12-6-3-10(14)4-7-12/h2-8,16H,15H2,1H3. The molecule has 2 rings (SSSR count). The molecule has 3 heteroatoms. The molecule has 0 aromatic heterocycles. The Balaban J connectivity index is 2.26. The summed E-state index contributed by atoms with van der Waals surface area (Å²) in [4.78, 5) is 0. The van der Waals surface area contributed by atoms with E-state index < -0.39 is 0 Å². The lowest BCUT2D eigenvalue weighted by atomic mass is 10.1. The van der Waals surface area contributed by atoms with Crippen LogP contribution in [0.25, 0.3) is 0 Å². The summed E-state index contributed by atoms with van der Waals surface area (Å²) in [7, 11) is 0. The zero-order chi connectivity index (χ0) is 11.5. The number of nitrogen functional groups attached to an aromatic ring is 1. The molecular formula is C13H13IN2. The van der Waals surface area contributed by atoms with E-state index in [0.717, 1.165) is 17.1 Å². The SMILES string of the molecule is Cc1ccc(N)cc1Nc1ccc(I)cc1. The summed E-state index contributed by atoms with van der Waals surface area (Å²) in [6.45, 7) is 2.06. The zero-order valence-electron chi connectivity index (χ0n) is 9.00. The fourth-order valence-electron chi connectivity index (χ4n) is 1.46. The molecular weight excluding hydrogens is 311 g/mol. The van der Waals surface area contributed by atoms with Crippen LogP contribution in [0.15, 0.2) is 42.5 Å². The largest absolute Gasteiger partial charge is 0.399 e. The molecule has 0 spiro atoms. The molecule has 0 saturated carbocycles. The molecule has 2 aromatic rings. The third-order valence-corrected chi connectivity index (χ3v) is 3.10. The minimum atomic E-state index is 0.776. The monoisotopic (exact) mass is 324 g/mol. The number of aryl methyl sites for hydroxylation is 1. The van der Waals surface area contributed by atoms with Crippen molar-refractivity contribution in [3.63, 3.8) is 0 Å². The van der Waals surface area contributed by atoms with E-state index in [1.165, 1.54) is 9.13 Å². The first kappa shape index (κ1) is 11.3. The van der Waals surface area contributed by atoms with Crippen molar-refractivity contribution in [1.82, 2.24) is 0 Å². The Morgan fingerprint density at radius 1 is 1.06 bits per heavy atom. The maximum Gasteiger partial charge on any atom is 0.0434 e. The van der Waals surface area contributed by atoms with Crippen molar-refractivity contribution < 1.29 is 0 Å². The maximum atomic E-state index is 5.76. The molecule has 2 aromatic carbocycles. The van der Waals surface area contributed by atoms with Crippen molar-refractivity contribution >= 4 is 39.7 Å². The van der Waals surface area contributed by atoms with E-state index in [-0.39, 0.29) is 0 Å². The van der Waals surface area contributed by atoms with Crippen LogP contribution in [0.1, 0.15) is 5.56 Å². The van der Waals surface area contributed by atoms with Crippen LogP contribution in [0.2, 0.25) is 0 Å². The summed E-state index contributed by atoms with van der Waals surface area (Å²) >= 11 is 2.29. The molecule has 0 radical (unpaired) electrons. The second kappa shape index (κ2) is 4.74. The van der Waals surface area contributed by atoms with Crippen LogP contribution in [0, 0.1) is 10.5 Å². The highest BCUT2D eigenvalue weighted by molar-refractivity contribution is 14.1. The minimum absolute atomic E-state index is 0.776. The van der Waals surface area contributed by atoms with Crippen molar-refractivity contribution in [2.75, 3.05) is 11.1 Å². The molecule has 0 fully saturated rings. The first-order valence-electron chi connectivity index (χ1n) is 5.04. The predicted molar refractivity (Wildman–Crippen MR) is 78.0 cm³/mol. The molecule has 0 aliphatic rings. The molecule has 0 aliphatic heterocycles. The van der Waals surface area contributed by atoms with Gasteiger partial charge in [0, 0.05) is 20.6 Å². The Kier molecular flexibility index (Phi) is 3.33. The van der Waals surface area contributed by atoms with Gasteiger partial charge in [-0.2, -0.15) is 0 Å². The van der Waals surface area contributed by atoms with Gasteiger partial charge in [0.15, 0.2) is 0 Å². The van der Waals surface area contributed by atoms with Gasteiger partial charge in [-0.15, -0.1) is 0 Å². The average Bonchev–Trinajstić information content (AvgIpc) is 2.27. The molecule has 0 amide bonds. The van der Waals surface area contributed by atoms with Crippen molar-refractivity contribution in [2.24, 2.45) is 0 Å². The Labute approximate surface area is 109 Å². The molecule has 0 unspecified atom stereocenters.